The lowest BCUT2D eigenvalue weighted by Gasteiger charge is -2.08. The molecule has 0 saturated carbocycles. The number of nitrogen functional groups attached to an aromatic ring is 1. The third kappa shape index (κ3) is 3.19. The number of nitrogens with two attached hydrogens (primary N) is 1. The summed E-state index contributed by atoms with van der Waals surface area (Å²) in [5.74, 6) is 0.471. The zero-order chi connectivity index (χ0) is 13.8. The van der Waals surface area contributed by atoms with E-state index < -0.39 is 4.92 Å². The van der Waals surface area contributed by atoms with Gasteiger partial charge in [0.05, 0.1) is 16.7 Å². The van der Waals surface area contributed by atoms with Crippen molar-refractivity contribution in [1.82, 2.24) is 4.98 Å². The molecule has 0 radical (unpaired) electrons. The van der Waals surface area contributed by atoms with Gasteiger partial charge in [0.25, 0.3) is 5.69 Å². The predicted molar refractivity (Wildman–Crippen MR) is 70.8 cm³/mol. The van der Waals surface area contributed by atoms with Gasteiger partial charge in [-0.2, -0.15) is 0 Å². The number of nitro benzene ring substituents is 1. The van der Waals surface area contributed by atoms with Crippen molar-refractivity contribution in [3.63, 3.8) is 0 Å². The van der Waals surface area contributed by atoms with Gasteiger partial charge in [-0.25, -0.2) is 0 Å². The van der Waals surface area contributed by atoms with Crippen LogP contribution in [-0.4, -0.2) is 9.91 Å². The molecule has 6 heteroatoms. The highest BCUT2D eigenvalue weighted by atomic mass is 16.6. The van der Waals surface area contributed by atoms with Crippen LogP contribution in [0.4, 0.5) is 11.4 Å². The first-order valence-corrected chi connectivity index (χ1v) is 5.64. The fourth-order valence-corrected chi connectivity index (χ4v) is 1.59. The molecule has 0 saturated heterocycles. The lowest BCUT2D eigenvalue weighted by Crippen LogP contribution is -2.01. The van der Waals surface area contributed by atoms with Crippen LogP contribution < -0.4 is 10.5 Å². The molecule has 1 heterocycles. The molecule has 0 unspecified atom stereocenters. The molecule has 0 atom stereocenters. The van der Waals surface area contributed by atoms with Gasteiger partial charge >= 0.3 is 0 Å². The molecular weight excluding hydrogens is 246 g/mol. The summed E-state index contributed by atoms with van der Waals surface area (Å²) < 4.78 is 5.55. The van der Waals surface area contributed by atoms with Gasteiger partial charge in [-0.15, -0.1) is 0 Å². The van der Waals surface area contributed by atoms with Crippen LogP contribution in [0.1, 0.15) is 11.3 Å². The molecule has 19 heavy (non-hydrogen) atoms. The van der Waals surface area contributed by atoms with Crippen molar-refractivity contribution in [1.29, 1.82) is 0 Å². The molecule has 2 N–H and O–H groups in total. The molecule has 2 aromatic rings. The molecule has 0 aliphatic carbocycles. The van der Waals surface area contributed by atoms with Gasteiger partial charge in [-0.1, -0.05) is 0 Å². The molecule has 0 aliphatic heterocycles. The second-order valence-corrected chi connectivity index (χ2v) is 4.08. The van der Waals surface area contributed by atoms with Crippen LogP contribution in [0.25, 0.3) is 0 Å². The van der Waals surface area contributed by atoms with Gasteiger partial charge in [-0.05, 0) is 30.7 Å². The van der Waals surface area contributed by atoms with E-state index in [1.54, 1.807) is 24.4 Å². The van der Waals surface area contributed by atoms with E-state index in [9.17, 15) is 10.1 Å². The number of pyridine rings is 1. The molecule has 6 nitrogen and oxygen atoms in total. The summed E-state index contributed by atoms with van der Waals surface area (Å²) in [4.78, 5) is 14.4. The number of nitro groups is 1. The number of hydrogen-bond acceptors (Lipinski definition) is 5. The van der Waals surface area contributed by atoms with Crippen molar-refractivity contribution in [3.05, 3.63) is 57.9 Å². The van der Waals surface area contributed by atoms with E-state index in [0.717, 1.165) is 5.56 Å². The van der Waals surface area contributed by atoms with Crippen molar-refractivity contribution in [2.45, 2.75) is 13.5 Å². The van der Waals surface area contributed by atoms with Crippen molar-refractivity contribution in [2.75, 3.05) is 5.73 Å². The lowest BCUT2D eigenvalue weighted by atomic mass is 10.2. The second kappa shape index (κ2) is 5.34. The quantitative estimate of drug-likeness (QED) is 0.672. The van der Waals surface area contributed by atoms with Crippen LogP contribution in [0.2, 0.25) is 0 Å². The fraction of sp³-hybridized carbons (Fsp3) is 0.154. The van der Waals surface area contributed by atoms with Crippen LogP contribution in [0.15, 0.2) is 36.5 Å². The molecular formula is C13H13N3O3. The summed E-state index contributed by atoms with van der Waals surface area (Å²) in [7, 11) is 0. The number of aryl methyl sites for hydroxylation is 1. The van der Waals surface area contributed by atoms with Gasteiger partial charge in [0, 0.05) is 18.0 Å². The second-order valence-electron chi connectivity index (χ2n) is 4.08. The maximum Gasteiger partial charge on any atom is 0.273 e. The molecule has 1 aromatic carbocycles. The number of hydrogen-bond donors (Lipinski definition) is 1. The number of non-ortho nitro benzene ring substituents is 1. The maximum absolute atomic E-state index is 10.7. The number of nitrogens with zero attached hydrogens (tertiary/aromatic N) is 2. The van der Waals surface area contributed by atoms with Gasteiger partial charge < -0.3 is 10.5 Å². The number of ether oxygens (including phenoxy) is 1. The summed E-state index contributed by atoms with van der Waals surface area (Å²) in [6.07, 6.45) is 1.59. The Bertz CT molecular complexity index is 614. The third-order valence-electron chi connectivity index (χ3n) is 2.60. The Kier molecular flexibility index (Phi) is 3.61. The zero-order valence-electron chi connectivity index (χ0n) is 10.4. The van der Waals surface area contributed by atoms with Crippen molar-refractivity contribution < 1.29 is 9.66 Å². The largest absolute Gasteiger partial charge is 0.487 e. The van der Waals surface area contributed by atoms with E-state index in [1.165, 1.54) is 12.1 Å². The van der Waals surface area contributed by atoms with E-state index in [4.69, 9.17) is 10.5 Å². The van der Waals surface area contributed by atoms with E-state index in [0.29, 0.717) is 17.1 Å². The minimum atomic E-state index is -0.453. The molecule has 0 spiro atoms. The summed E-state index contributed by atoms with van der Waals surface area (Å²) in [6.45, 7) is 2.04. The van der Waals surface area contributed by atoms with E-state index in [-0.39, 0.29) is 12.3 Å². The van der Waals surface area contributed by atoms with Gasteiger partial charge in [0.1, 0.15) is 12.4 Å². The molecule has 0 bridgehead atoms. The zero-order valence-corrected chi connectivity index (χ0v) is 10.4. The first-order valence-electron chi connectivity index (χ1n) is 5.64. The molecule has 1 aromatic heterocycles. The lowest BCUT2D eigenvalue weighted by molar-refractivity contribution is -0.385. The number of rotatable bonds is 4. The third-order valence-corrected chi connectivity index (χ3v) is 2.60. The monoisotopic (exact) mass is 259 g/mol. The predicted octanol–water partition coefficient (Wildman–Crippen LogP) is 2.46. The average molecular weight is 259 g/mol. The van der Waals surface area contributed by atoms with Crippen LogP contribution in [0.5, 0.6) is 5.75 Å². The standard InChI is InChI=1S/C13H13N3O3/c1-9-2-3-12(16(17)18)7-13(9)19-8-11-6-10(14)4-5-15-11/h2-7H,8H2,1H3,(H2,14,15). The highest BCUT2D eigenvalue weighted by Gasteiger charge is 2.09. The molecule has 0 amide bonds. The molecule has 0 fully saturated rings. The molecule has 98 valence electrons. The van der Waals surface area contributed by atoms with Crippen LogP contribution in [0.3, 0.4) is 0 Å². The van der Waals surface area contributed by atoms with Gasteiger partial charge in [0.15, 0.2) is 0 Å². The Labute approximate surface area is 110 Å². The Morgan fingerprint density at radius 1 is 1.37 bits per heavy atom. The Morgan fingerprint density at radius 3 is 2.84 bits per heavy atom. The Morgan fingerprint density at radius 2 is 2.16 bits per heavy atom. The summed E-state index contributed by atoms with van der Waals surface area (Å²) in [6, 6.07) is 7.89. The smallest absolute Gasteiger partial charge is 0.273 e. The molecule has 2 rings (SSSR count). The normalized spacial score (nSPS) is 10.2. The topological polar surface area (TPSA) is 91.3 Å². The first-order chi connectivity index (χ1) is 9.06. The highest BCUT2D eigenvalue weighted by molar-refractivity contribution is 5.44. The molecule has 0 aliphatic rings. The minimum absolute atomic E-state index is 0.00105. The Hall–Kier alpha value is -2.63. The SMILES string of the molecule is Cc1ccc([N+](=O)[O-])cc1OCc1cc(N)ccn1. The van der Waals surface area contributed by atoms with E-state index >= 15 is 0 Å². The summed E-state index contributed by atoms with van der Waals surface area (Å²) in [5, 5.41) is 10.7. The summed E-state index contributed by atoms with van der Waals surface area (Å²) >= 11 is 0. The number of benzene rings is 1. The average Bonchev–Trinajstić information content (AvgIpc) is 2.37. The van der Waals surface area contributed by atoms with Crippen molar-refractivity contribution >= 4 is 11.4 Å². The van der Waals surface area contributed by atoms with Crippen molar-refractivity contribution in [3.8, 4) is 5.75 Å². The van der Waals surface area contributed by atoms with Crippen molar-refractivity contribution in [2.24, 2.45) is 0 Å². The highest BCUT2D eigenvalue weighted by Crippen LogP contribution is 2.24. The van der Waals surface area contributed by atoms with E-state index in [1.807, 2.05) is 6.92 Å². The maximum atomic E-state index is 10.7. The van der Waals surface area contributed by atoms with Gasteiger partial charge in [0.2, 0.25) is 0 Å². The van der Waals surface area contributed by atoms with Gasteiger partial charge in [-0.3, -0.25) is 15.1 Å². The number of anilines is 1. The fourth-order valence-electron chi connectivity index (χ4n) is 1.59. The van der Waals surface area contributed by atoms with Crippen LogP contribution in [-0.2, 0) is 6.61 Å². The number of aromatic nitrogens is 1. The van der Waals surface area contributed by atoms with Crippen LogP contribution >= 0.6 is 0 Å². The first kappa shape index (κ1) is 12.8. The minimum Gasteiger partial charge on any atom is -0.487 e. The van der Waals surface area contributed by atoms with E-state index in [2.05, 4.69) is 4.98 Å². The summed E-state index contributed by atoms with van der Waals surface area (Å²) in [5.41, 5.74) is 7.74. The van der Waals surface area contributed by atoms with Crippen LogP contribution in [0, 0.1) is 17.0 Å². The Balaban J connectivity index is 2.15.